The van der Waals surface area contributed by atoms with Crippen molar-refractivity contribution in [1.29, 1.82) is 0 Å². The Hall–Kier alpha value is -5.12. The van der Waals surface area contributed by atoms with Crippen molar-refractivity contribution in [3.05, 3.63) is 107 Å². The van der Waals surface area contributed by atoms with Gasteiger partial charge in [0, 0.05) is 30.5 Å². The second-order valence-corrected chi connectivity index (χ2v) is 13.4. The molecule has 300 valence electrons. The van der Waals surface area contributed by atoms with Gasteiger partial charge in [0.1, 0.15) is 29.7 Å². The average molecular weight is 759 g/mol. The Morgan fingerprint density at radius 2 is 1.42 bits per heavy atom. The first-order valence-electron chi connectivity index (χ1n) is 19.5. The lowest BCUT2D eigenvalue weighted by Crippen LogP contribution is -2.40. The number of aromatic hydroxyl groups is 1. The number of carboxylic acid groups (broad SMARTS) is 1. The lowest BCUT2D eigenvalue weighted by Gasteiger charge is -2.16. The number of unbranched alkanes of at least 4 members (excludes halogenated alkanes) is 1. The molecule has 10 nitrogen and oxygen atoms in total. The summed E-state index contributed by atoms with van der Waals surface area (Å²) < 4.78 is 10.6. The summed E-state index contributed by atoms with van der Waals surface area (Å²) in [4.78, 5) is 48.7. The van der Waals surface area contributed by atoms with Crippen molar-refractivity contribution < 1.29 is 38.9 Å². The van der Waals surface area contributed by atoms with E-state index in [2.05, 4.69) is 84.4 Å². The zero-order valence-electron chi connectivity index (χ0n) is 33.2. The van der Waals surface area contributed by atoms with Gasteiger partial charge in [-0.15, -0.1) is 0 Å². The van der Waals surface area contributed by atoms with Crippen LogP contribution in [0.15, 0.2) is 84.6 Å². The van der Waals surface area contributed by atoms with Crippen molar-refractivity contribution in [2.45, 2.75) is 123 Å². The number of esters is 1. The molecule has 2 amide bonds. The molecule has 0 bridgehead atoms. The minimum atomic E-state index is -1.10. The van der Waals surface area contributed by atoms with E-state index in [0.29, 0.717) is 55.5 Å². The number of phenols is 1. The fraction of sp³-hybridized carbons (Fsp3) is 0.467. The number of phenolic OH excluding ortho intramolecular Hbond substituents is 1. The maximum absolute atomic E-state index is 12.6. The Kier molecular flexibility index (Phi) is 23.0. The Bertz CT molecular complexity index is 1610. The Morgan fingerprint density at radius 3 is 1.98 bits per heavy atom. The summed E-state index contributed by atoms with van der Waals surface area (Å²) >= 11 is 0. The number of ether oxygens (including phenoxy) is 2. The number of nitrogens with one attached hydrogen (secondary N) is 2. The minimum Gasteiger partial charge on any atom is -0.507 e. The molecule has 1 unspecified atom stereocenters. The van der Waals surface area contributed by atoms with E-state index < -0.39 is 18.0 Å². The van der Waals surface area contributed by atoms with Crippen LogP contribution in [0.5, 0.6) is 11.5 Å². The third kappa shape index (κ3) is 18.2. The number of amides is 2. The molecular formula is C45H62N2O8. The van der Waals surface area contributed by atoms with Gasteiger partial charge < -0.3 is 30.3 Å². The number of carboxylic acids is 1. The first-order valence-corrected chi connectivity index (χ1v) is 19.5. The van der Waals surface area contributed by atoms with Gasteiger partial charge in [-0.1, -0.05) is 91.5 Å². The molecule has 1 aromatic rings. The summed E-state index contributed by atoms with van der Waals surface area (Å²) in [7, 11) is 1.50. The summed E-state index contributed by atoms with van der Waals surface area (Å²) in [5, 5.41) is 25.9. The molecule has 0 spiro atoms. The van der Waals surface area contributed by atoms with Crippen LogP contribution >= 0.6 is 0 Å². The van der Waals surface area contributed by atoms with Crippen molar-refractivity contribution in [3.63, 3.8) is 0 Å². The number of hydrogen-bond donors (Lipinski definition) is 4. The molecule has 1 aliphatic heterocycles. The van der Waals surface area contributed by atoms with E-state index in [0.717, 1.165) is 49.7 Å². The molecule has 2 rings (SSSR count). The monoisotopic (exact) mass is 758 g/mol. The molecule has 0 saturated carbocycles. The molecule has 1 heterocycles. The first kappa shape index (κ1) is 46.0. The third-order valence-electron chi connectivity index (χ3n) is 9.06. The van der Waals surface area contributed by atoms with Gasteiger partial charge in [0.25, 0.3) is 0 Å². The summed E-state index contributed by atoms with van der Waals surface area (Å²) in [6.45, 7) is 6.33. The van der Waals surface area contributed by atoms with Gasteiger partial charge in [0.2, 0.25) is 11.8 Å². The number of hydrogen-bond acceptors (Lipinski definition) is 7. The van der Waals surface area contributed by atoms with E-state index in [4.69, 9.17) is 9.47 Å². The highest BCUT2D eigenvalue weighted by molar-refractivity contribution is 5.98. The van der Waals surface area contributed by atoms with E-state index in [-0.39, 0.29) is 49.0 Å². The molecule has 0 aliphatic carbocycles. The number of cyclic esters (lactones) is 1. The molecule has 0 aromatic heterocycles. The zero-order valence-corrected chi connectivity index (χ0v) is 33.2. The maximum atomic E-state index is 12.6. The van der Waals surface area contributed by atoms with Crippen LogP contribution in [-0.4, -0.2) is 53.7 Å². The second-order valence-electron chi connectivity index (χ2n) is 13.4. The normalized spacial score (nSPS) is 13.9. The number of carbonyl (C=O) groups is 4. The third-order valence-corrected chi connectivity index (χ3v) is 9.06. The molecule has 55 heavy (non-hydrogen) atoms. The molecule has 0 radical (unpaired) electrons. The van der Waals surface area contributed by atoms with Crippen molar-refractivity contribution in [2.24, 2.45) is 0 Å². The summed E-state index contributed by atoms with van der Waals surface area (Å²) in [5.74, 6) is -1.77. The highest BCUT2D eigenvalue weighted by Gasteiger charge is 2.32. The van der Waals surface area contributed by atoms with E-state index in [9.17, 15) is 29.4 Å². The van der Waals surface area contributed by atoms with Gasteiger partial charge in [0.15, 0.2) is 0 Å². The van der Waals surface area contributed by atoms with Crippen molar-refractivity contribution in [1.82, 2.24) is 10.6 Å². The van der Waals surface area contributed by atoms with E-state index in [1.807, 2.05) is 26.0 Å². The topological polar surface area (TPSA) is 151 Å². The SMILES string of the molecule is CC/C=C\C/C=C\C/C=C\C/C=C\C/C=C\CC=CCCC(=O)NCCCCC(NC(=O)CC/C(C)=C\Cc1c(O)c2c(c(C)c1OC)COC2=O)C(=O)O. The van der Waals surface area contributed by atoms with Gasteiger partial charge in [-0.2, -0.15) is 0 Å². The van der Waals surface area contributed by atoms with Crippen LogP contribution in [0.3, 0.4) is 0 Å². The van der Waals surface area contributed by atoms with Crippen LogP contribution in [0, 0.1) is 6.92 Å². The number of rotatable bonds is 27. The number of allylic oxidation sites excluding steroid dienone is 14. The number of fused-ring (bicyclic) bond motifs is 1. The van der Waals surface area contributed by atoms with Crippen LogP contribution in [0.4, 0.5) is 0 Å². The predicted molar refractivity (Wildman–Crippen MR) is 219 cm³/mol. The molecule has 4 N–H and O–H groups in total. The minimum absolute atomic E-state index is 0.0477. The van der Waals surface area contributed by atoms with E-state index in [1.54, 1.807) is 0 Å². The van der Waals surface area contributed by atoms with Gasteiger partial charge in [0.05, 0.1) is 7.11 Å². The Morgan fingerprint density at radius 1 is 0.836 bits per heavy atom. The molecule has 1 aromatic carbocycles. The Balaban J connectivity index is 1.57. The molecule has 1 aliphatic rings. The highest BCUT2D eigenvalue weighted by atomic mass is 16.5. The van der Waals surface area contributed by atoms with E-state index in [1.165, 1.54) is 7.11 Å². The molecular weight excluding hydrogens is 697 g/mol. The fourth-order valence-electron chi connectivity index (χ4n) is 5.88. The zero-order chi connectivity index (χ0) is 40.3. The summed E-state index contributed by atoms with van der Waals surface area (Å²) in [5.41, 5.74) is 2.85. The van der Waals surface area contributed by atoms with Crippen molar-refractivity contribution in [3.8, 4) is 11.5 Å². The predicted octanol–water partition coefficient (Wildman–Crippen LogP) is 8.98. The lowest BCUT2D eigenvalue weighted by atomic mass is 9.94. The molecule has 0 saturated heterocycles. The van der Waals surface area contributed by atoms with Crippen LogP contribution < -0.4 is 15.4 Å². The van der Waals surface area contributed by atoms with Crippen LogP contribution in [0.1, 0.15) is 124 Å². The smallest absolute Gasteiger partial charge is 0.342 e. The number of aliphatic carboxylic acids is 1. The van der Waals surface area contributed by atoms with Crippen LogP contribution in [0.25, 0.3) is 0 Å². The first-order chi connectivity index (χ1) is 26.6. The number of benzene rings is 1. The largest absolute Gasteiger partial charge is 0.507 e. The lowest BCUT2D eigenvalue weighted by molar-refractivity contribution is -0.142. The quantitative estimate of drug-likeness (QED) is 0.0394. The fourth-order valence-corrected chi connectivity index (χ4v) is 5.88. The van der Waals surface area contributed by atoms with Gasteiger partial charge in [-0.25, -0.2) is 9.59 Å². The second kappa shape index (κ2) is 27.5. The van der Waals surface area contributed by atoms with Gasteiger partial charge >= 0.3 is 11.9 Å². The molecule has 1 atom stereocenters. The highest BCUT2D eigenvalue weighted by Crippen LogP contribution is 2.42. The molecule has 0 fully saturated rings. The summed E-state index contributed by atoms with van der Waals surface area (Å²) in [6, 6.07) is -1.02. The van der Waals surface area contributed by atoms with Gasteiger partial charge in [-0.05, 0) is 96.5 Å². The van der Waals surface area contributed by atoms with Crippen molar-refractivity contribution >= 4 is 23.8 Å². The Labute approximate surface area is 327 Å². The summed E-state index contributed by atoms with van der Waals surface area (Å²) in [6.07, 6.45) is 36.5. The van der Waals surface area contributed by atoms with Crippen LogP contribution in [0.2, 0.25) is 0 Å². The maximum Gasteiger partial charge on any atom is 0.342 e. The van der Waals surface area contributed by atoms with E-state index >= 15 is 0 Å². The van der Waals surface area contributed by atoms with Crippen molar-refractivity contribution in [2.75, 3.05) is 13.7 Å². The number of carbonyl (C=O) groups excluding carboxylic acids is 3. The standard InChI is InChI=1S/C45H62N2O8/c1-5-6-7-8-9-10-11-12-13-14-15-16-17-18-19-20-21-22-23-27-39(48)46-32-25-24-26-38(44(51)52)47-40(49)31-29-34(2)28-30-36-42(50)41-37(33-55-45(41)53)35(3)43(36)54-4/h6-7,9-10,12-13,15-16,18-19,21-22,28,38,50H,5,8,11,14,17,20,23-27,29-33H2,1-4H3,(H,46,48)(H,47,49)(H,51,52)/b7-6-,10-9-,13-12-,16-15-,19-18-,22-21?,34-28-. The number of methoxy groups -OCH3 is 1. The average Bonchev–Trinajstić information content (AvgIpc) is 3.56. The van der Waals surface area contributed by atoms with Gasteiger partial charge in [-0.3, -0.25) is 9.59 Å². The molecule has 10 heteroatoms. The van der Waals surface area contributed by atoms with Crippen LogP contribution in [-0.2, 0) is 32.1 Å².